The Morgan fingerprint density at radius 1 is 1.19 bits per heavy atom. The Morgan fingerprint density at radius 3 is 2.48 bits per heavy atom. The van der Waals surface area contributed by atoms with Crippen LogP contribution in [0.3, 0.4) is 0 Å². The van der Waals surface area contributed by atoms with Crippen molar-refractivity contribution >= 4 is 16.9 Å². The largest absolute Gasteiger partial charge is 0.493 e. The van der Waals surface area contributed by atoms with Crippen LogP contribution in [0.2, 0.25) is 0 Å². The first-order chi connectivity index (χ1) is 14.7. The summed E-state index contributed by atoms with van der Waals surface area (Å²) >= 11 is 0.977. The third-order valence-electron chi connectivity index (χ3n) is 6.29. The van der Waals surface area contributed by atoms with Crippen molar-refractivity contribution in [1.82, 2.24) is 9.80 Å². The number of aliphatic hydroxyl groups excluding tert-OH is 1. The molecule has 0 aromatic heterocycles. The molecule has 0 amide bonds. The Labute approximate surface area is 182 Å². The van der Waals surface area contributed by atoms with E-state index in [1.165, 1.54) is 32.1 Å². The predicted octanol–water partition coefficient (Wildman–Crippen LogP) is 4.44. The molecule has 0 aromatic rings. The van der Waals surface area contributed by atoms with Crippen LogP contribution in [0.1, 0.15) is 38.5 Å². The van der Waals surface area contributed by atoms with Crippen molar-refractivity contribution in [2.45, 2.75) is 44.7 Å². The van der Waals surface area contributed by atoms with Gasteiger partial charge in [0.15, 0.2) is 5.17 Å². The number of piperazine rings is 1. The van der Waals surface area contributed by atoms with Crippen LogP contribution in [0.5, 0.6) is 0 Å². The van der Waals surface area contributed by atoms with Gasteiger partial charge in [-0.1, -0.05) is 19.3 Å². The number of amidine groups is 1. The second kappa shape index (κ2) is 8.85. The molecule has 4 rings (SSSR count). The molecule has 2 fully saturated rings. The Hall–Kier alpha value is -2.01. The lowest BCUT2D eigenvalue weighted by Gasteiger charge is -2.39. The van der Waals surface area contributed by atoms with Crippen LogP contribution in [0.25, 0.3) is 0 Å². The van der Waals surface area contributed by atoms with Crippen LogP contribution >= 0.6 is 11.8 Å². The number of hydrogen-bond donors (Lipinski definition) is 1. The van der Waals surface area contributed by atoms with Gasteiger partial charge in [-0.25, -0.2) is 0 Å². The smallest absolute Gasteiger partial charge is 0.413 e. The van der Waals surface area contributed by atoms with Crippen LogP contribution < -0.4 is 0 Å². The van der Waals surface area contributed by atoms with Crippen molar-refractivity contribution in [3.8, 4) is 0 Å². The topological polar surface area (TPSA) is 82.2 Å². The van der Waals surface area contributed by atoms with E-state index in [4.69, 9.17) is 0 Å². The minimum absolute atomic E-state index is 0.0464. The maximum Gasteiger partial charge on any atom is 0.413 e. The van der Waals surface area contributed by atoms with E-state index < -0.39 is 34.7 Å². The molecule has 0 aromatic carbocycles. The molecule has 0 spiro atoms. The molecule has 2 aliphatic carbocycles. The summed E-state index contributed by atoms with van der Waals surface area (Å²) in [4.78, 5) is 19.2. The molecule has 11 heteroatoms. The highest BCUT2D eigenvalue weighted by Gasteiger charge is 2.43. The molecular formula is C20H25F3N4O3S. The molecule has 0 bridgehead atoms. The highest BCUT2D eigenvalue weighted by Crippen LogP contribution is 2.45. The van der Waals surface area contributed by atoms with Gasteiger partial charge >= 0.3 is 6.18 Å². The number of aliphatic hydroxyl groups is 1. The van der Waals surface area contributed by atoms with Gasteiger partial charge in [-0.05, 0) is 36.6 Å². The summed E-state index contributed by atoms with van der Waals surface area (Å²) in [5.41, 5.74) is -1.83. The van der Waals surface area contributed by atoms with Crippen LogP contribution in [0.4, 0.5) is 13.2 Å². The second-order valence-electron chi connectivity index (χ2n) is 8.40. The zero-order chi connectivity index (χ0) is 22.2. The number of allylic oxidation sites excluding steroid dienone is 3. The lowest BCUT2D eigenvalue weighted by atomic mass is 9.89. The monoisotopic (exact) mass is 458 g/mol. The summed E-state index contributed by atoms with van der Waals surface area (Å²) in [6.07, 6.45) is 1.70. The molecule has 2 heterocycles. The molecule has 0 atom stereocenters. The molecule has 1 saturated heterocycles. The normalized spacial score (nSPS) is 24.2. The Kier molecular flexibility index (Phi) is 6.34. The number of aliphatic imine (C=N–C) groups is 1. The molecule has 0 unspecified atom stereocenters. The second-order valence-corrected chi connectivity index (χ2v) is 9.38. The minimum Gasteiger partial charge on any atom is -0.493 e. The summed E-state index contributed by atoms with van der Waals surface area (Å²) in [7, 11) is 0. The summed E-state index contributed by atoms with van der Waals surface area (Å²) in [5.74, 6) is 0.134. The van der Waals surface area contributed by atoms with Crippen LogP contribution in [-0.4, -0.2) is 63.9 Å². The van der Waals surface area contributed by atoms with E-state index in [-0.39, 0.29) is 10.5 Å². The van der Waals surface area contributed by atoms with Crippen LogP contribution in [0.15, 0.2) is 38.7 Å². The van der Waals surface area contributed by atoms with E-state index in [0.29, 0.717) is 18.3 Å². The van der Waals surface area contributed by atoms with Gasteiger partial charge in [-0.2, -0.15) is 18.2 Å². The quantitative estimate of drug-likeness (QED) is 0.498. The van der Waals surface area contributed by atoms with Gasteiger partial charge in [0.1, 0.15) is 4.91 Å². The number of alkyl halides is 3. The SMILES string of the molecule is O=[N+]([O-])C1=C2SC(N3CCN(CC4CCCCC4)CC3)=NC(O)=C2C=C(C(F)(F)F)C1. The van der Waals surface area contributed by atoms with Gasteiger partial charge in [-0.3, -0.25) is 15.0 Å². The molecule has 1 saturated carbocycles. The fourth-order valence-corrected chi connectivity index (χ4v) is 5.72. The van der Waals surface area contributed by atoms with Gasteiger partial charge in [0.05, 0.1) is 16.9 Å². The van der Waals surface area contributed by atoms with Crippen molar-refractivity contribution in [2.75, 3.05) is 32.7 Å². The molecule has 31 heavy (non-hydrogen) atoms. The maximum atomic E-state index is 13.2. The van der Waals surface area contributed by atoms with Gasteiger partial charge in [0, 0.05) is 38.3 Å². The van der Waals surface area contributed by atoms with E-state index in [9.17, 15) is 28.4 Å². The first-order valence-electron chi connectivity index (χ1n) is 10.5. The number of halogens is 3. The zero-order valence-electron chi connectivity index (χ0n) is 17.0. The number of hydrogen-bond acceptors (Lipinski definition) is 7. The van der Waals surface area contributed by atoms with Gasteiger partial charge in [0.25, 0.3) is 5.70 Å². The number of fused-ring (bicyclic) bond motifs is 1. The zero-order valence-corrected chi connectivity index (χ0v) is 17.8. The van der Waals surface area contributed by atoms with Gasteiger partial charge < -0.3 is 10.0 Å². The maximum absolute atomic E-state index is 13.2. The standard InChI is InChI=1S/C20H25F3N4O3S/c21-20(22,23)14-10-15-17(16(11-14)27(29)30)31-19(24-18(15)28)26-8-6-25(7-9-26)12-13-4-2-1-3-5-13/h10,13,28H,1-9,11-12H2. The van der Waals surface area contributed by atoms with Crippen molar-refractivity contribution in [2.24, 2.45) is 10.9 Å². The molecule has 7 nitrogen and oxygen atoms in total. The average molecular weight is 459 g/mol. The minimum atomic E-state index is -4.70. The number of rotatable bonds is 3. The summed E-state index contributed by atoms with van der Waals surface area (Å²) in [5, 5.41) is 22.2. The van der Waals surface area contributed by atoms with Crippen LogP contribution in [-0.2, 0) is 0 Å². The van der Waals surface area contributed by atoms with E-state index >= 15 is 0 Å². The molecule has 170 valence electrons. The third kappa shape index (κ3) is 4.92. The van der Waals surface area contributed by atoms with E-state index in [1.54, 1.807) is 0 Å². The summed E-state index contributed by atoms with van der Waals surface area (Å²) in [6.45, 7) is 4.04. The summed E-state index contributed by atoms with van der Waals surface area (Å²) < 4.78 is 39.5. The highest BCUT2D eigenvalue weighted by atomic mass is 32.2. The van der Waals surface area contributed by atoms with E-state index in [2.05, 4.69) is 9.89 Å². The lowest BCUT2D eigenvalue weighted by molar-refractivity contribution is -0.428. The molecule has 0 radical (unpaired) electrons. The fraction of sp³-hybridized carbons (Fsp3) is 0.650. The number of nitro groups is 1. The van der Waals surface area contributed by atoms with Crippen molar-refractivity contribution in [3.05, 3.63) is 43.8 Å². The Bertz CT molecular complexity index is 867. The number of nitrogens with zero attached hydrogens (tertiary/aromatic N) is 4. The molecule has 4 aliphatic rings. The molecule has 2 aliphatic heterocycles. The van der Waals surface area contributed by atoms with Gasteiger partial charge in [0.2, 0.25) is 5.88 Å². The van der Waals surface area contributed by atoms with E-state index in [0.717, 1.165) is 43.4 Å². The predicted molar refractivity (Wildman–Crippen MR) is 112 cm³/mol. The number of thioether (sulfide) groups is 1. The highest BCUT2D eigenvalue weighted by molar-refractivity contribution is 8.17. The van der Waals surface area contributed by atoms with Crippen LogP contribution in [0, 0.1) is 16.0 Å². The summed E-state index contributed by atoms with van der Waals surface area (Å²) in [6, 6.07) is 0. The molecule has 1 N–H and O–H groups in total. The first-order valence-corrected chi connectivity index (χ1v) is 11.4. The average Bonchev–Trinajstić information content (AvgIpc) is 2.73. The fourth-order valence-electron chi connectivity index (χ4n) is 4.57. The van der Waals surface area contributed by atoms with E-state index in [1.807, 2.05) is 4.90 Å². The Morgan fingerprint density at radius 2 is 1.87 bits per heavy atom. The van der Waals surface area contributed by atoms with Crippen molar-refractivity contribution in [3.63, 3.8) is 0 Å². The molecular weight excluding hydrogens is 433 g/mol. The van der Waals surface area contributed by atoms with Crippen molar-refractivity contribution in [1.29, 1.82) is 0 Å². The van der Waals surface area contributed by atoms with Gasteiger partial charge in [-0.15, -0.1) is 0 Å². The van der Waals surface area contributed by atoms with Crippen molar-refractivity contribution < 1.29 is 23.2 Å². The lowest BCUT2D eigenvalue weighted by Crippen LogP contribution is -2.49. The third-order valence-corrected chi connectivity index (χ3v) is 7.48. The Balaban J connectivity index is 1.49. The first kappa shape index (κ1) is 22.2.